The van der Waals surface area contributed by atoms with Crippen LogP contribution in [0, 0.1) is 0 Å². The van der Waals surface area contributed by atoms with Crippen molar-refractivity contribution in [2.24, 2.45) is 0 Å². The molecule has 0 radical (unpaired) electrons. The van der Waals surface area contributed by atoms with Crippen LogP contribution in [0.2, 0.25) is 0 Å². The SMILES string of the molecule is CSCCCCCC(=O)N(C)[C@@H](CC(=O)O)C(=O)NCCCN(C)C.CSCCCCCC(=O)N(C)[C@@H](CC(=O)OC(C)(C)C)C(=O)O.CSCCCCCC(=O)N(C)[C@@H](CC(=O)ON1C(=O)CCC1=O)C(=O)NCCCN(C)C. The maximum absolute atomic E-state index is 12.8. The summed E-state index contributed by atoms with van der Waals surface area (Å²) in [5.74, 6) is -3.42. The third kappa shape index (κ3) is 38.1. The molecule has 7 amide bonds. The van der Waals surface area contributed by atoms with E-state index >= 15 is 0 Å². The Kier molecular flexibility index (Phi) is 43.5. The molecule has 0 aromatic rings. The van der Waals surface area contributed by atoms with Crippen LogP contribution in [0.4, 0.5) is 0 Å². The van der Waals surface area contributed by atoms with E-state index in [4.69, 9.17) is 14.7 Å². The number of carbonyl (C=O) groups excluding carboxylic acids is 9. The number of carboxylic acids is 2. The van der Waals surface area contributed by atoms with Gasteiger partial charge in [-0.2, -0.15) is 35.3 Å². The molecule has 1 aliphatic rings. The first-order chi connectivity index (χ1) is 37.5. The van der Waals surface area contributed by atoms with Gasteiger partial charge in [-0.05, 0) is 149 Å². The molecule has 0 spiro atoms. The van der Waals surface area contributed by atoms with E-state index in [-0.39, 0.29) is 49.8 Å². The number of carboxylic acid groups (broad SMARTS) is 2. The number of likely N-dealkylation sites (N-methyl/N-ethyl adjacent to an activating group) is 3. The van der Waals surface area contributed by atoms with Crippen molar-refractivity contribution >= 4 is 101 Å². The van der Waals surface area contributed by atoms with E-state index in [0.29, 0.717) is 43.8 Å². The minimum atomic E-state index is -1.20. The molecule has 4 N–H and O–H groups in total. The van der Waals surface area contributed by atoms with Crippen molar-refractivity contribution in [3.05, 3.63) is 0 Å². The second-order valence-corrected chi connectivity index (χ2v) is 23.8. The number of nitrogens with one attached hydrogen (secondary N) is 2. The van der Waals surface area contributed by atoms with Crippen molar-refractivity contribution in [3.63, 3.8) is 0 Å². The lowest BCUT2D eigenvalue weighted by molar-refractivity contribution is -0.198. The monoisotopic (exact) mass is 1190 g/mol. The minimum Gasteiger partial charge on any atom is -0.481 e. The molecule has 462 valence electrons. The zero-order valence-corrected chi connectivity index (χ0v) is 52.7. The van der Waals surface area contributed by atoms with Gasteiger partial charge in [-0.1, -0.05) is 19.3 Å². The average Bonchev–Trinajstić information content (AvgIpc) is 3.69. The van der Waals surface area contributed by atoms with Crippen LogP contribution in [0.1, 0.15) is 143 Å². The summed E-state index contributed by atoms with van der Waals surface area (Å²) in [6.07, 6.45) is 15.4. The van der Waals surface area contributed by atoms with Crippen molar-refractivity contribution in [3.8, 4) is 0 Å². The molecule has 1 fully saturated rings. The summed E-state index contributed by atoms with van der Waals surface area (Å²) in [4.78, 5) is 145. The molecule has 26 heteroatoms. The quantitative estimate of drug-likeness (QED) is 0.0370. The van der Waals surface area contributed by atoms with E-state index in [1.807, 2.05) is 56.8 Å². The Morgan fingerprint density at radius 2 is 0.875 bits per heavy atom. The number of imide groups is 1. The van der Waals surface area contributed by atoms with Crippen molar-refractivity contribution < 1.29 is 72.5 Å². The van der Waals surface area contributed by atoms with Crippen LogP contribution < -0.4 is 10.6 Å². The highest BCUT2D eigenvalue weighted by Gasteiger charge is 2.36. The van der Waals surface area contributed by atoms with Gasteiger partial charge in [0.15, 0.2) is 0 Å². The van der Waals surface area contributed by atoms with Gasteiger partial charge in [0.25, 0.3) is 11.8 Å². The van der Waals surface area contributed by atoms with Gasteiger partial charge in [0.2, 0.25) is 29.5 Å². The second kappa shape index (κ2) is 44.9. The summed E-state index contributed by atoms with van der Waals surface area (Å²) in [6, 6.07) is -3.24. The van der Waals surface area contributed by atoms with Crippen molar-refractivity contribution in [1.82, 2.24) is 40.2 Å². The van der Waals surface area contributed by atoms with Gasteiger partial charge in [-0.25, -0.2) is 9.59 Å². The number of hydroxylamine groups is 2. The van der Waals surface area contributed by atoms with E-state index in [9.17, 15) is 57.8 Å². The highest BCUT2D eigenvalue weighted by Crippen LogP contribution is 2.17. The van der Waals surface area contributed by atoms with Crippen LogP contribution in [0.15, 0.2) is 0 Å². The summed E-state index contributed by atoms with van der Waals surface area (Å²) in [7, 11) is 12.2. The number of esters is 1. The van der Waals surface area contributed by atoms with Crippen LogP contribution in [0.3, 0.4) is 0 Å². The highest BCUT2D eigenvalue weighted by molar-refractivity contribution is 7.98. The Balaban J connectivity index is 0. The number of hydrogen-bond acceptors (Lipinski definition) is 18. The smallest absolute Gasteiger partial charge is 0.335 e. The minimum absolute atomic E-state index is 0.0170. The molecular formula is C54H98N8O15S3. The van der Waals surface area contributed by atoms with Crippen molar-refractivity contribution in [2.75, 3.05) is 112 Å². The largest absolute Gasteiger partial charge is 0.481 e. The van der Waals surface area contributed by atoms with E-state index < -0.39 is 77.7 Å². The lowest BCUT2D eigenvalue weighted by Crippen LogP contribution is -2.49. The number of amides is 7. The van der Waals surface area contributed by atoms with E-state index in [1.165, 1.54) is 30.9 Å². The van der Waals surface area contributed by atoms with Gasteiger partial charge in [0, 0.05) is 66.3 Å². The number of carbonyl (C=O) groups is 11. The molecule has 1 heterocycles. The lowest BCUT2D eigenvalue weighted by atomic mass is 10.1. The first-order valence-corrected chi connectivity index (χ1v) is 31.5. The number of nitrogens with zero attached hydrogens (tertiary/aromatic N) is 6. The number of aliphatic carboxylic acids is 2. The van der Waals surface area contributed by atoms with Gasteiger partial charge in [-0.15, -0.1) is 5.06 Å². The normalized spacial score (nSPS) is 13.2. The number of unbranched alkanes of at least 4 members (excludes halogenated alkanes) is 6. The van der Waals surface area contributed by atoms with Crippen LogP contribution >= 0.6 is 35.3 Å². The summed E-state index contributed by atoms with van der Waals surface area (Å²) < 4.78 is 5.13. The molecule has 0 aliphatic carbocycles. The van der Waals surface area contributed by atoms with Crippen molar-refractivity contribution in [2.45, 2.75) is 166 Å². The Bertz CT molecular complexity index is 1890. The molecule has 1 rings (SSSR count). The fourth-order valence-electron chi connectivity index (χ4n) is 7.46. The Morgan fingerprint density at radius 3 is 1.20 bits per heavy atom. The third-order valence-electron chi connectivity index (χ3n) is 12.1. The molecule has 0 aromatic heterocycles. The average molecular weight is 1200 g/mol. The van der Waals surface area contributed by atoms with Crippen LogP contribution in [-0.4, -0.2) is 240 Å². The maximum Gasteiger partial charge on any atom is 0.335 e. The topological polar surface area (TPSA) is 290 Å². The fourth-order valence-corrected chi connectivity index (χ4v) is 8.94. The molecule has 0 saturated carbocycles. The van der Waals surface area contributed by atoms with Crippen LogP contribution in [-0.2, 0) is 62.3 Å². The number of ether oxygens (including phenoxy) is 1. The predicted molar refractivity (Wildman–Crippen MR) is 315 cm³/mol. The van der Waals surface area contributed by atoms with Gasteiger partial charge in [0.1, 0.15) is 23.7 Å². The van der Waals surface area contributed by atoms with Gasteiger partial charge in [0.05, 0.1) is 19.3 Å². The zero-order valence-electron chi connectivity index (χ0n) is 50.2. The van der Waals surface area contributed by atoms with Crippen LogP contribution in [0.5, 0.6) is 0 Å². The van der Waals surface area contributed by atoms with Gasteiger partial charge >= 0.3 is 23.9 Å². The van der Waals surface area contributed by atoms with E-state index in [2.05, 4.69) is 10.6 Å². The number of thioether (sulfide) groups is 3. The molecule has 1 aliphatic heterocycles. The molecule has 0 aromatic carbocycles. The first kappa shape index (κ1) is 77.4. The van der Waals surface area contributed by atoms with Crippen molar-refractivity contribution in [1.29, 1.82) is 0 Å². The summed E-state index contributed by atoms with van der Waals surface area (Å²) in [6.45, 7) is 7.59. The lowest BCUT2D eigenvalue weighted by Gasteiger charge is -2.27. The van der Waals surface area contributed by atoms with Gasteiger partial charge in [-0.3, -0.25) is 43.2 Å². The molecule has 1 saturated heterocycles. The number of hydrogen-bond donors (Lipinski definition) is 4. The Labute approximate surface area is 489 Å². The first-order valence-electron chi connectivity index (χ1n) is 27.4. The molecule has 80 heavy (non-hydrogen) atoms. The molecular weight excluding hydrogens is 1100 g/mol. The van der Waals surface area contributed by atoms with Gasteiger partial charge < -0.3 is 54.9 Å². The zero-order chi connectivity index (χ0) is 61.4. The van der Waals surface area contributed by atoms with Crippen LogP contribution in [0.25, 0.3) is 0 Å². The summed E-state index contributed by atoms with van der Waals surface area (Å²) >= 11 is 5.29. The fraction of sp³-hybridized carbons (Fsp3) is 0.796. The third-order valence-corrected chi connectivity index (χ3v) is 14.2. The Hall–Kier alpha value is -4.66. The Morgan fingerprint density at radius 1 is 0.525 bits per heavy atom. The van der Waals surface area contributed by atoms with E-state index in [0.717, 1.165) is 93.0 Å². The summed E-state index contributed by atoms with van der Waals surface area (Å²) in [5, 5.41) is 24.3. The highest BCUT2D eigenvalue weighted by atomic mass is 32.2. The molecule has 0 bridgehead atoms. The molecule has 3 atom stereocenters. The predicted octanol–water partition coefficient (Wildman–Crippen LogP) is 4.63. The second-order valence-electron chi connectivity index (χ2n) is 20.8. The number of rotatable bonds is 39. The summed E-state index contributed by atoms with van der Waals surface area (Å²) in [5.41, 5.74) is -0.681. The standard InChI is InChI=1S/C21H36N4O6S.C17H33N3O4S.C16H29NO5S/c1-23(2)13-8-12-22-21(30)16(24(3)17(26)9-6-5-7-14-32-4)15-20(29)31-25-18(27)10-11-19(25)28;1-19(2)11-8-10-18-17(24)14(13-16(22)23)20(3)15(21)9-6-5-7-12-25-4;1-16(2,3)22-14(19)11-12(15(20)21)17(4)13(18)9-7-6-8-10-23-5/h16H,5-15H2,1-4H3,(H,22,30);14H,5-13H2,1-4H3,(H,18,24)(H,22,23);12H,6-11H2,1-5H3,(H,20,21)/t16-;14-;12-/m000/s1. The molecule has 0 unspecified atom stereocenters. The maximum atomic E-state index is 12.8. The van der Waals surface area contributed by atoms with E-state index in [1.54, 1.807) is 56.1 Å². The molecule has 23 nitrogen and oxygen atoms in total.